The van der Waals surface area contributed by atoms with Crippen molar-refractivity contribution in [2.24, 2.45) is 0 Å². The van der Waals surface area contributed by atoms with Crippen LogP contribution in [0.5, 0.6) is 6.01 Å². The molecule has 0 unspecified atom stereocenters. The van der Waals surface area contributed by atoms with Gasteiger partial charge in [-0.2, -0.15) is 15.0 Å². The minimum atomic E-state index is 0.274. The molecule has 0 aliphatic rings. The van der Waals surface area contributed by atoms with E-state index in [1.54, 1.807) is 0 Å². The molecule has 0 bridgehead atoms. The molecule has 2 aromatic rings. The van der Waals surface area contributed by atoms with Gasteiger partial charge in [-0.05, 0) is 38.1 Å². The number of hydrogen-bond acceptors (Lipinski definition) is 8. The summed E-state index contributed by atoms with van der Waals surface area (Å²) in [6, 6.07) is 2.20. The van der Waals surface area contributed by atoms with Gasteiger partial charge in [0.2, 0.25) is 11.1 Å². The Morgan fingerprint density at radius 3 is 2.33 bits per heavy atom. The highest BCUT2D eigenvalue weighted by Crippen LogP contribution is 2.23. The molecule has 2 heterocycles. The summed E-state index contributed by atoms with van der Waals surface area (Å²) < 4.78 is 5.10. The van der Waals surface area contributed by atoms with Crippen molar-refractivity contribution in [3.63, 3.8) is 0 Å². The van der Waals surface area contributed by atoms with Crippen molar-refractivity contribution in [2.45, 2.75) is 37.5 Å². The summed E-state index contributed by atoms with van der Waals surface area (Å²) in [6.45, 7) is 6.73. The Balaban J connectivity index is 2.25. The molecule has 0 amide bonds. The number of ether oxygens (including phenoxy) is 1. The molecule has 0 aromatic carbocycles. The van der Waals surface area contributed by atoms with Gasteiger partial charge in [-0.1, -0.05) is 6.92 Å². The van der Waals surface area contributed by atoms with E-state index in [0.717, 1.165) is 24.4 Å². The number of anilines is 1. The molecule has 0 saturated carbocycles. The molecule has 0 atom stereocenters. The second-order valence-corrected chi connectivity index (χ2v) is 5.32. The van der Waals surface area contributed by atoms with E-state index in [-0.39, 0.29) is 6.01 Å². The number of hydrogen-bond donors (Lipinski definition) is 1. The van der Waals surface area contributed by atoms with Gasteiger partial charge in [0, 0.05) is 17.9 Å². The lowest BCUT2D eigenvalue weighted by Gasteiger charge is -2.07. The lowest BCUT2D eigenvalue weighted by molar-refractivity contribution is 0.373. The van der Waals surface area contributed by atoms with Crippen molar-refractivity contribution in [1.29, 1.82) is 0 Å². The number of nitrogens with one attached hydrogen (secondary N) is 1. The van der Waals surface area contributed by atoms with Crippen LogP contribution in [0.1, 0.15) is 24.7 Å². The Labute approximate surface area is 128 Å². The molecule has 0 aliphatic carbocycles. The summed E-state index contributed by atoms with van der Waals surface area (Å²) in [7, 11) is 1.53. The van der Waals surface area contributed by atoms with Crippen LogP contribution in [0.2, 0.25) is 0 Å². The fourth-order valence-corrected chi connectivity index (χ4v) is 2.41. The first-order valence-electron chi connectivity index (χ1n) is 6.64. The van der Waals surface area contributed by atoms with Crippen LogP contribution in [0.3, 0.4) is 0 Å². The molecule has 2 rings (SSSR count). The summed E-state index contributed by atoms with van der Waals surface area (Å²) in [5.41, 5.74) is 1.82. The molecular formula is C13H18N6OS. The van der Waals surface area contributed by atoms with Crippen molar-refractivity contribution < 1.29 is 4.74 Å². The highest BCUT2D eigenvalue weighted by molar-refractivity contribution is 7.99. The van der Waals surface area contributed by atoms with E-state index >= 15 is 0 Å². The van der Waals surface area contributed by atoms with Gasteiger partial charge in [0.15, 0.2) is 5.16 Å². The van der Waals surface area contributed by atoms with E-state index < -0.39 is 0 Å². The standard InChI is InChI=1S/C13H18N6OS/c1-5-6-14-10-17-11(20-4)19-13(18-10)21-12-15-8(2)7-9(3)16-12/h7H,5-6H2,1-4H3,(H,14,17,18,19). The average molecular weight is 306 g/mol. The number of aryl methyl sites for hydroxylation is 2. The summed E-state index contributed by atoms with van der Waals surface area (Å²) in [5.74, 6) is 0.496. The molecule has 21 heavy (non-hydrogen) atoms. The molecule has 112 valence electrons. The lowest BCUT2D eigenvalue weighted by Crippen LogP contribution is -2.07. The van der Waals surface area contributed by atoms with Crippen LogP contribution in [0, 0.1) is 13.8 Å². The van der Waals surface area contributed by atoms with Crippen LogP contribution in [0.25, 0.3) is 0 Å². The first-order valence-corrected chi connectivity index (χ1v) is 7.46. The van der Waals surface area contributed by atoms with E-state index in [1.807, 2.05) is 19.9 Å². The maximum Gasteiger partial charge on any atom is 0.321 e. The van der Waals surface area contributed by atoms with Crippen LogP contribution < -0.4 is 10.1 Å². The first-order chi connectivity index (χ1) is 10.1. The van der Waals surface area contributed by atoms with Gasteiger partial charge in [-0.15, -0.1) is 0 Å². The minimum absolute atomic E-state index is 0.274. The molecule has 0 fully saturated rings. The molecule has 7 nitrogen and oxygen atoms in total. The first kappa shape index (κ1) is 15.4. The van der Waals surface area contributed by atoms with E-state index in [9.17, 15) is 0 Å². The second-order valence-electron chi connectivity index (χ2n) is 4.39. The molecule has 1 N–H and O–H groups in total. The van der Waals surface area contributed by atoms with Crippen LogP contribution >= 0.6 is 11.8 Å². The Bertz CT molecular complexity index is 601. The Morgan fingerprint density at radius 1 is 1.05 bits per heavy atom. The zero-order chi connectivity index (χ0) is 15.2. The third-order valence-electron chi connectivity index (χ3n) is 2.45. The van der Waals surface area contributed by atoms with Gasteiger partial charge in [0.05, 0.1) is 7.11 Å². The molecule has 0 radical (unpaired) electrons. The maximum atomic E-state index is 5.10. The predicted octanol–water partition coefficient (Wildman–Crippen LogP) is 2.26. The SMILES string of the molecule is CCCNc1nc(OC)nc(Sc2nc(C)cc(C)n2)n1. The van der Waals surface area contributed by atoms with Crippen LogP contribution in [0.4, 0.5) is 5.95 Å². The molecule has 0 aliphatic heterocycles. The number of aromatic nitrogens is 5. The van der Waals surface area contributed by atoms with Crippen molar-refractivity contribution >= 4 is 17.7 Å². The monoisotopic (exact) mass is 306 g/mol. The Morgan fingerprint density at radius 2 is 1.71 bits per heavy atom. The zero-order valence-electron chi connectivity index (χ0n) is 12.5. The smallest absolute Gasteiger partial charge is 0.321 e. The van der Waals surface area contributed by atoms with Crippen LogP contribution in [-0.2, 0) is 0 Å². The van der Waals surface area contributed by atoms with Gasteiger partial charge in [-0.3, -0.25) is 0 Å². The summed E-state index contributed by atoms with van der Waals surface area (Å²) in [5, 5.41) is 4.24. The Kier molecular flexibility index (Phi) is 5.26. The molecule has 0 spiro atoms. The molecular weight excluding hydrogens is 288 g/mol. The Hall–Kier alpha value is -1.96. The highest BCUT2D eigenvalue weighted by atomic mass is 32.2. The van der Waals surface area contributed by atoms with Gasteiger partial charge in [0.1, 0.15) is 0 Å². The third kappa shape index (κ3) is 4.52. The molecule has 0 saturated heterocycles. The minimum Gasteiger partial charge on any atom is -0.467 e. The normalized spacial score (nSPS) is 10.5. The molecule has 8 heteroatoms. The topological polar surface area (TPSA) is 85.7 Å². The van der Waals surface area contributed by atoms with Crippen LogP contribution in [0.15, 0.2) is 16.4 Å². The second kappa shape index (κ2) is 7.16. The van der Waals surface area contributed by atoms with E-state index in [1.165, 1.54) is 18.9 Å². The van der Waals surface area contributed by atoms with E-state index in [4.69, 9.17) is 4.74 Å². The summed E-state index contributed by atoms with van der Waals surface area (Å²) in [4.78, 5) is 21.4. The zero-order valence-corrected chi connectivity index (χ0v) is 13.4. The van der Waals surface area contributed by atoms with Crippen LogP contribution in [-0.4, -0.2) is 38.6 Å². The average Bonchev–Trinajstić information content (AvgIpc) is 2.43. The van der Waals surface area contributed by atoms with Crippen molar-refractivity contribution in [1.82, 2.24) is 24.9 Å². The number of nitrogens with zero attached hydrogens (tertiary/aromatic N) is 5. The number of methoxy groups -OCH3 is 1. The fraction of sp³-hybridized carbons (Fsp3) is 0.462. The van der Waals surface area contributed by atoms with Crippen molar-refractivity contribution in [3.8, 4) is 6.01 Å². The van der Waals surface area contributed by atoms with Gasteiger partial charge < -0.3 is 10.1 Å². The summed E-state index contributed by atoms with van der Waals surface area (Å²) in [6.07, 6.45) is 0.983. The molecule has 2 aromatic heterocycles. The fourth-order valence-electron chi connectivity index (χ4n) is 1.61. The van der Waals surface area contributed by atoms with Crippen molar-refractivity contribution in [3.05, 3.63) is 17.5 Å². The summed E-state index contributed by atoms with van der Waals surface area (Å²) >= 11 is 1.29. The lowest BCUT2D eigenvalue weighted by atomic mass is 10.4. The van der Waals surface area contributed by atoms with Gasteiger partial charge in [0.25, 0.3) is 0 Å². The van der Waals surface area contributed by atoms with Crippen molar-refractivity contribution in [2.75, 3.05) is 19.0 Å². The third-order valence-corrected chi connectivity index (χ3v) is 3.18. The van der Waals surface area contributed by atoms with E-state index in [2.05, 4.69) is 37.2 Å². The number of rotatable bonds is 6. The highest BCUT2D eigenvalue weighted by Gasteiger charge is 2.10. The van der Waals surface area contributed by atoms with Gasteiger partial charge in [-0.25, -0.2) is 9.97 Å². The van der Waals surface area contributed by atoms with E-state index in [0.29, 0.717) is 16.3 Å². The quantitative estimate of drug-likeness (QED) is 0.813. The largest absolute Gasteiger partial charge is 0.467 e. The predicted molar refractivity (Wildman–Crippen MR) is 80.8 cm³/mol. The van der Waals surface area contributed by atoms with Gasteiger partial charge >= 0.3 is 6.01 Å². The maximum absolute atomic E-state index is 5.10.